The third-order valence-electron chi connectivity index (χ3n) is 2.73. The highest BCUT2D eigenvalue weighted by atomic mass is 79.9. The van der Waals surface area contributed by atoms with Crippen LogP contribution in [0.15, 0.2) is 22.8 Å². The largest absolute Gasteiger partial charge is 0.323 e. The molecule has 0 amide bonds. The highest BCUT2D eigenvalue weighted by molar-refractivity contribution is 9.10. The van der Waals surface area contributed by atoms with Crippen LogP contribution in [0.5, 0.6) is 0 Å². The zero-order chi connectivity index (χ0) is 14.0. The quantitative estimate of drug-likeness (QED) is 0.876. The van der Waals surface area contributed by atoms with Crippen LogP contribution >= 0.6 is 15.9 Å². The molecule has 1 aromatic heterocycles. The van der Waals surface area contributed by atoms with Crippen LogP contribution in [0.4, 0.5) is 8.78 Å². The van der Waals surface area contributed by atoms with E-state index < -0.39 is 11.6 Å². The van der Waals surface area contributed by atoms with Crippen molar-refractivity contribution in [1.82, 2.24) is 15.0 Å². The molecular formula is C12H13BrF2N4. The predicted molar refractivity (Wildman–Crippen MR) is 70.8 cm³/mol. The number of aromatic nitrogens is 3. The summed E-state index contributed by atoms with van der Waals surface area (Å²) in [6, 6.07) is 1.88. The van der Waals surface area contributed by atoms with Crippen LogP contribution in [0, 0.1) is 11.6 Å². The van der Waals surface area contributed by atoms with Crippen LogP contribution < -0.4 is 5.73 Å². The molecule has 2 N–H and O–H groups in total. The van der Waals surface area contributed by atoms with Crippen molar-refractivity contribution in [1.29, 1.82) is 0 Å². The fourth-order valence-corrected chi connectivity index (χ4v) is 2.04. The lowest BCUT2D eigenvalue weighted by Crippen LogP contribution is -2.10. The minimum atomic E-state index is -0.707. The van der Waals surface area contributed by atoms with Gasteiger partial charge in [0.05, 0.1) is 22.4 Å². The van der Waals surface area contributed by atoms with Crippen molar-refractivity contribution in [2.75, 3.05) is 0 Å². The van der Waals surface area contributed by atoms with E-state index in [1.54, 1.807) is 6.20 Å². The van der Waals surface area contributed by atoms with Gasteiger partial charge >= 0.3 is 0 Å². The standard InChI is InChI=1S/C12H13BrF2N4/c1-2-3-10(16)11-6-19(18-17-11)12-4-7(13)8(14)5-9(12)15/h4-6,10H,2-3,16H2,1H3. The number of benzene rings is 1. The first-order chi connectivity index (χ1) is 9.02. The molecule has 0 saturated carbocycles. The van der Waals surface area contributed by atoms with E-state index in [0.29, 0.717) is 5.69 Å². The lowest BCUT2D eigenvalue weighted by atomic mass is 10.1. The lowest BCUT2D eigenvalue weighted by Gasteiger charge is -2.05. The van der Waals surface area contributed by atoms with E-state index >= 15 is 0 Å². The molecule has 0 aliphatic carbocycles. The highest BCUT2D eigenvalue weighted by Gasteiger charge is 2.14. The molecule has 0 spiro atoms. The molecule has 1 heterocycles. The first-order valence-electron chi connectivity index (χ1n) is 5.85. The van der Waals surface area contributed by atoms with Gasteiger partial charge in [-0.25, -0.2) is 13.5 Å². The van der Waals surface area contributed by atoms with Gasteiger partial charge in [-0.1, -0.05) is 18.6 Å². The van der Waals surface area contributed by atoms with E-state index in [0.717, 1.165) is 18.9 Å². The van der Waals surface area contributed by atoms with Crippen molar-refractivity contribution >= 4 is 15.9 Å². The SMILES string of the molecule is CCCC(N)c1cn(-c2cc(Br)c(F)cc2F)nn1. The average Bonchev–Trinajstić information content (AvgIpc) is 2.83. The number of nitrogens with two attached hydrogens (primary N) is 1. The average molecular weight is 331 g/mol. The van der Waals surface area contributed by atoms with Crippen LogP contribution in [0.25, 0.3) is 5.69 Å². The molecular weight excluding hydrogens is 318 g/mol. The first-order valence-corrected chi connectivity index (χ1v) is 6.65. The summed E-state index contributed by atoms with van der Waals surface area (Å²) in [5.41, 5.74) is 6.62. The molecule has 0 bridgehead atoms. The van der Waals surface area contributed by atoms with Gasteiger partial charge in [-0.05, 0) is 28.4 Å². The maximum Gasteiger partial charge on any atom is 0.151 e. The van der Waals surface area contributed by atoms with Gasteiger partial charge in [0.1, 0.15) is 11.5 Å². The van der Waals surface area contributed by atoms with E-state index in [4.69, 9.17) is 5.73 Å². The Labute approximate surface area is 117 Å². The first kappa shape index (κ1) is 14.1. The summed E-state index contributed by atoms with van der Waals surface area (Å²) in [6.07, 6.45) is 3.25. The van der Waals surface area contributed by atoms with Gasteiger partial charge in [0.25, 0.3) is 0 Å². The second-order valence-electron chi connectivity index (χ2n) is 4.20. The van der Waals surface area contributed by atoms with Crippen molar-refractivity contribution in [3.63, 3.8) is 0 Å². The second kappa shape index (κ2) is 5.75. The van der Waals surface area contributed by atoms with Crippen molar-refractivity contribution in [2.24, 2.45) is 5.73 Å². The normalized spacial score (nSPS) is 12.7. The summed E-state index contributed by atoms with van der Waals surface area (Å²) in [5, 5.41) is 7.74. The smallest absolute Gasteiger partial charge is 0.151 e. The van der Waals surface area contributed by atoms with Crippen LogP contribution in [-0.2, 0) is 0 Å². The van der Waals surface area contributed by atoms with Crippen LogP contribution in [-0.4, -0.2) is 15.0 Å². The zero-order valence-electron chi connectivity index (χ0n) is 10.3. The fourth-order valence-electron chi connectivity index (χ4n) is 1.71. The van der Waals surface area contributed by atoms with Gasteiger partial charge in [-0.2, -0.15) is 0 Å². The Morgan fingerprint density at radius 1 is 1.37 bits per heavy atom. The molecule has 1 unspecified atom stereocenters. The van der Waals surface area contributed by atoms with Gasteiger partial charge in [0.2, 0.25) is 0 Å². The third-order valence-corrected chi connectivity index (χ3v) is 3.33. The molecule has 7 heteroatoms. The fraction of sp³-hybridized carbons (Fsp3) is 0.333. The summed E-state index contributed by atoms with van der Waals surface area (Å²) in [5.74, 6) is -1.37. The Bertz CT molecular complexity index is 585. The zero-order valence-corrected chi connectivity index (χ0v) is 11.9. The Hall–Kier alpha value is -1.34. The highest BCUT2D eigenvalue weighted by Crippen LogP contribution is 2.23. The van der Waals surface area contributed by atoms with E-state index in [9.17, 15) is 8.78 Å². The van der Waals surface area contributed by atoms with Gasteiger partial charge < -0.3 is 5.73 Å². The Morgan fingerprint density at radius 3 is 2.79 bits per heavy atom. The number of nitrogens with zero attached hydrogens (tertiary/aromatic N) is 3. The minimum Gasteiger partial charge on any atom is -0.323 e. The van der Waals surface area contributed by atoms with Gasteiger partial charge in [0.15, 0.2) is 5.82 Å². The van der Waals surface area contributed by atoms with Crippen molar-refractivity contribution < 1.29 is 8.78 Å². The molecule has 0 fully saturated rings. The Kier molecular flexibility index (Phi) is 4.26. The van der Waals surface area contributed by atoms with Crippen molar-refractivity contribution in [3.05, 3.63) is 40.1 Å². The van der Waals surface area contributed by atoms with Crippen LogP contribution in [0.3, 0.4) is 0 Å². The third kappa shape index (κ3) is 2.98. The molecule has 2 aromatic rings. The van der Waals surface area contributed by atoms with E-state index in [-0.39, 0.29) is 16.2 Å². The van der Waals surface area contributed by atoms with Crippen molar-refractivity contribution in [3.8, 4) is 5.69 Å². The number of rotatable bonds is 4. The maximum absolute atomic E-state index is 13.7. The van der Waals surface area contributed by atoms with E-state index in [1.807, 2.05) is 6.92 Å². The van der Waals surface area contributed by atoms with Gasteiger partial charge in [-0.3, -0.25) is 0 Å². The summed E-state index contributed by atoms with van der Waals surface area (Å²) >= 11 is 3.01. The molecule has 0 saturated heterocycles. The van der Waals surface area contributed by atoms with Gasteiger partial charge in [-0.15, -0.1) is 5.10 Å². The number of hydrogen-bond donors (Lipinski definition) is 1. The van der Waals surface area contributed by atoms with Crippen LogP contribution in [0.2, 0.25) is 0 Å². The number of hydrogen-bond acceptors (Lipinski definition) is 3. The molecule has 0 radical (unpaired) electrons. The molecule has 19 heavy (non-hydrogen) atoms. The van der Waals surface area contributed by atoms with Crippen molar-refractivity contribution in [2.45, 2.75) is 25.8 Å². The Balaban J connectivity index is 2.35. The lowest BCUT2D eigenvalue weighted by molar-refractivity contribution is 0.568. The molecule has 102 valence electrons. The number of halogens is 3. The van der Waals surface area contributed by atoms with E-state index in [1.165, 1.54) is 10.7 Å². The minimum absolute atomic E-state index is 0.121. The molecule has 4 nitrogen and oxygen atoms in total. The maximum atomic E-state index is 13.7. The summed E-state index contributed by atoms with van der Waals surface area (Å²) in [6.45, 7) is 2.01. The summed E-state index contributed by atoms with van der Waals surface area (Å²) < 4.78 is 28.3. The summed E-state index contributed by atoms with van der Waals surface area (Å²) in [7, 11) is 0. The molecule has 0 aliphatic heterocycles. The molecule has 0 aliphatic rings. The topological polar surface area (TPSA) is 56.7 Å². The monoisotopic (exact) mass is 330 g/mol. The Morgan fingerprint density at radius 2 is 2.11 bits per heavy atom. The molecule has 1 aromatic carbocycles. The van der Waals surface area contributed by atoms with E-state index in [2.05, 4.69) is 26.2 Å². The van der Waals surface area contributed by atoms with Crippen LogP contribution in [0.1, 0.15) is 31.5 Å². The van der Waals surface area contributed by atoms with Gasteiger partial charge in [0, 0.05) is 6.07 Å². The molecule has 2 rings (SSSR count). The molecule has 1 atom stereocenters. The summed E-state index contributed by atoms with van der Waals surface area (Å²) in [4.78, 5) is 0. The second-order valence-corrected chi connectivity index (χ2v) is 5.06. The predicted octanol–water partition coefficient (Wildman–Crippen LogP) is 3.11.